The molecule has 0 aliphatic rings. The van der Waals surface area contributed by atoms with Crippen molar-refractivity contribution in [2.75, 3.05) is 31.2 Å². The maximum Gasteiger partial charge on any atom is 0.302 e. The van der Waals surface area contributed by atoms with E-state index in [-0.39, 0.29) is 26.2 Å². The first kappa shape index (κ1) is 37.4. The molecule has 4 rings (SSSR count). The van der Waals surface area contributed by atoms with Crippen LogP contribution in [0.5, 0.6) is 0 Å². The van der Waals surface area contributed by atoms with E-state index in [9.17, 15) is 33.1 Å². The Labute approximate surface area is 287 Å². The second-order valence-corrected chi connectivity index (χ2v) is 11.7. The number of carbonyl (C=O) groups is 4. The molecule has 0 spiro atoms. The summed E-state index contributed by atoms with van der Waals surface area (Å²) < 4.78 is 40.0. The predicted octanol–water partition coefficient (Wildman–Crippen LogP) is 2.70. The SMILES string of the molecule is CC(=O)OCCN(CCOC(C)=O)c1ccc(-c2nc3cc(C(CC(N)=O)NC(=O)[C@@H](N)[C@@H](C)O)ccc3n2Cc2ccc(F)c(F)c2)cc1. The molecule has 0 radical (unpaired) electrons. The lowest BCUT2D eigenvalue weighted by atomic mass is 10.0. The van der Waals surface area contributed by atoms with Crippen molar-refractivity contribution in [2.45, 2.75) is 51.9 Å². The number of esters is 2. The number of imidazole rings is 1. The van der Waals surface area contributed by atoms with Gasteiger partial charge in [-0.25, -0.2) is 13.8 Å². The first-order valence-corrected chi connectivity index (χ1v) is 15.8. The van der Waals surface area contributed by atoms with Crippen molar-refractivity contribution in [3.05, 3.63) is 83.4 Å². The van der Waals surface area contributed by atoms with Gasteiger partial charge in [0.25, 0.3) is 0 Å². The van der Waals surface area contributed by atoms with Crippen molar-refractivity contribution in [3.63, 3.8) is 0 Å². The van der Waals surface area contributed by atoms with Crippen LogP contribution in [0.25, 0.3) is 22.4 Å². The number of halogens is 2. The molecule has 1 heterocycles. The van der Waals surface area contributed by atoms with Gasteiger partial charge in [-0.15, -0.1) is 0 Å². The lowest BCUT2D eigenvalue weighted by Gasteiger charge is -2.24. The molecule has 0 aliphatic heterocycles. The predicted molar refractivity (Wildman–Crippen MR) is 180 cm³/mol. The number of carbonyl (C=O) groups excluding carboxylic acids is 4. The second-order valence-electron chi connectivity index (χ2n) is 11.7. The van der Waals surface area contributed by atoms with Gasteiger partial charge in [-0.2, -0.15) is 0 Å². The number of nitrogens with two attached hydrogens (primary N) is 2. The Balaban J connectivity index is 1.75. The first-order chi connectivity index (χ1) is 23.7. The maximum absolute atomic E-state index is 14.2. The number of anilines is 1. The summed E-state index contributed by atoms with van der Waals surface area (Å²) in [6, 6.07) is 13.9. The van der Waals surface area contributed by atoms with Gasteiger partial charge in [0.15, 0.2) is 11.6 Å². The van der Waals surface area contributed by atoms with Gasteiger partial charge in [0.05, 0.1) is 42.7 Å². The molecule has 50 heavy (non-hydrogen) atoms. The van der Waals surface area contributed by atoms with Crippen molar-refractivity contribution in [1.82, 2.24) is 14.9 Å². The van der Waals surface area contributed by atoms with Crippen LogP contribution in [0.2, 0.25) is 0 Å². The number of aliphatic hydroxyl groups excluding tert-OH is 1. The topological polar surface area (TPSA) is 192 Å². The van der Waals surface area contributed by atoms with Crippen molar-refractivity contribution >= 4 is 40.5 Å². The maximum atomic E-state index is 14.2. The summed E-state index contributed by atoms with van der Waals surface area (Å²) >= 11 is 0. The molecule has 0 fully saturated rings. The van der Waals surface area contributed by atoms with E-state index >= 15 is 0 Å². The van der Waals surface area contributed by atoms with Gasteiger partial charge in [-0.3, -0.25) is 19.2 Å². The molecule has 3 aromatic carbocycles. The number of hydrogen-bond acceptors (Lipinski definition) is 10. The number of ether oxygens (including phenoxy) is 2. The average Bonchev–Trinajstić information content (AvgIpc) is 3.41. The lowest BCUT2D eigenvalue weighted by Crippen LogP contribution is -2.48. The van der Waals surface area contributed by atoms with E-state index in [0.29, 0.717) is 46.6 Å². The van der Waals surface area contributed by atoms with Gasteiger partial charge < -0.3 is 40.8 Å². The Hall–Kier alpha value is -5.41. The first-order valence-electron chi connectivity index (χ1n) is 15.8. The minimum Gasteiger partial charge on any atom is -0.464 e. The summed E-state index contributed by atoms with van der Waals surface area (Å²) in [5, 5.41) is 12.5. The van der Waals surface area contributed by atoms with E-state index in [0.717, 1.165) is 17.8 Å². The molecule has 0 bridgehead atoms. The fraction of sp³-hybridized carbons (Fsp3) is 0.343. The van der Waals surface area contributed by atoms with E-state index < -0.39 is 53.6 Å². The summed E-state index contributed by atoms with van der Waals surface area (Å²) in [7, 11) is 0. The standard InChI is InChI=1S/C35H40F2N6O7/c1-20(44)33(39)35(48)41-29(18-32(38)47)25-7-11-31-30(17-25)40-34(43(31)19-23-4-10-27(36)28(37)16-23)24-5-8-26(9-6-24)42(12-14-49-21(2)45)13-15-50-22(3)46/h4-11,16-17,20,29,33,44H,12-15,18-19,39H2,1-3H3,(H2,38,47)(H,41,48)/t20-,29?,33+/m1/s1. The number of aromatic nitrogens is 2. The fourth-order valence-corrected chi connectivity index (χ4v) is 5.30. The van der Waals surface area contributed by atoms with Gasteiger partial charge >= 0.3 is 11.9 Å². The minimum atomic E-state index is -1.24. The van der Waals surface area contributed by atoms with E-state index in [1.165, 1.54) is 26.8 Å². The smallest absolute Gasteiger partial charge is 0.302 e. The molecule has 3 atom stereocenters. The zero-order valence-corrected chi connectivity index (χ0v) is 27.9. The molecule has 4 aromatic rings. The third-order valence-corrected chi connectivity index (χ3v) is 7.87. The normalized spacial score (nSPS) is 12.9. The number of fused-ring (bicyclic) bond motifs is 1. The molecular weight excluding hydrogens is 654 g/mol. The number of amides is 2. The van der Waals surface area contributed by atoms with Crippen molar-refractivity contribution < 1.29 is 42.5 Å². The number of nitrogens with zero attached hydrogens (tertiary/aromatic N) is 3. The molecule has 13 nitrogen and oxygen atoms in total. The molecule has 1 unspecified atom stereocenters. The highest BCUT2D eigenvalue weighted by atomic mass is 19.2. The third-order valence-electron chi connectivity index (χ3n) is 7.87. The Morgan fingerprint density at radius 3 is 2.14 bits per heavy atom. The van der Waals surface area contributed by atoms with Crippen molar-refractivity contribution in [3.8, 4) is 11.4 Å². The van der Waals surface area contributed by atoms with Crippen LogP contribution in [0.3, 0.4) is 0 Å². The molecule has 0 aliphatic carbocycles. The largest absolute Gasteiger partial charge is 0.464 e. The number of primary amides is 1. The Kier molecular flexibility index (Phi) is 12.6. The number of nitrogens with one attached hydrogen (secondary N) is 1. The van der Waals surface area contributed by atoms with Crippen LogP contribution in [-0.4, -0.2) is 76.9 Å². The molecule has 6 N–H and O–H groups in total. The second kappa shape index (κ2) is 16.8. The highest BCUT2D eigenvalue weighted by Gasteiger charge is 2.25. The van der Waals surface area contributed by atoms with Gasteiger partial charge in [0.2, 0.25) is 11.8 Å². The minimum absolute atomic E-state index is 0.117. The van der Waals surface area contributed by atoms with Crippen LogP contribution < -0.4 is 21.7 Å². The zero-order valence-electron chi connectivity index (χ0n) is 27.9. The van der Waals surface area contributed by atoms with Gasteiger partial charge in [0.1, 0.15) is 25.1 Å². The number of hydrogen-bond donors (Lipinski definition) is 4. The van der Waals surface area contributed by atoms with E-state index in [1.54, 1.807) is 18.2 Å². The number of rotatable bonds is 16. The van der Waals surface area contributed by atoms with E-state index in [4.69, 9.17) is 25.9 Å². The quantitative estimate of drug-likeness (QED) is 0.127. The highest BCUT2D eigenvalue weighted by Crippen LogP contribution is 2.30. The summed E-state index contributed by atoms with van der Waals surface area (Å²) in [5.74, 6) is -3.69. The fourth-order valence-electron chi connectivity index (χ4n) is 5.30. The molecule has 266 valence electrons. The average molecular weight is 695 g/mol. The van der Waals surface area contributed by atoms with Gasteiger partial charge in [0, 0.05) is 31.6 Å². The monoisotopic (exact) mass is 694 g/mol. The summed E-state index contributed by atoms with van der Waals surface area (Å²) in [5.41, 5.74) is 14.8. The van der Waals surface area contributed by atoms with Crippen LogP contribution in [-0.2, 0) is 35.2 Å². The zero-order chi connectivity index (χ0) is 36.5. The van der Waals surface area contributed by atoms with E-state index in [1.807, 2.05) is 33.7 Å². The Bertz CT molecular complexity index is 1830. The Morgan fingerprint density at radius 2 is 1.58 bits per heavy atom. The molecule has 2 amide bonds. The van der Waals surface area contributed by atoms with Crippen molar-refractivity contribution in [2.24, 2.45) is 11.5 Å². The number of benzene rings is 3. The summed E-state index contributed by atoms with van der Waals surface area (Å²) in [6.07, 6.45) is -1.39. The third kappa shape index (κ3) is 9.83. The highest BCUT2D eigenvalue weighted by molar-refractivity contribution is 5.85. The van der Waals surface area contributed by atoms with E-state index in [2.05, 4.69) is 5.32 Å². The van der Waals surface area contributed by atoms with Crippen LogP contribution in [0.1, 0.15) is 44.4 Å². The molecule has 15 heteroatoms. The van der Waals surface area contributed by atoms with Gasteiger partial charge in [-0.1, -0.05) is 12.1 Å². The van der Waals surface area contributed by atoms with Crippen LogP contribution in [0.4, 0.5) is 14.5 Å². The molecular formula is C35H40F2N6O7. The molecule has 1 aromatic heterocycles. The molecule has 0 saturated carbocycles. The van der Waals surface area contributed by atoms with Crippen LogP contribution in [0, 0.1) is 11.6 Å². The summed E-state index contributed by atoms with van der Waals surface area (Å²) in [4.78, 5) is 54.1. The Morgan fingerprint density at radius 1 is 0.940 bits per heavy atom. The van der Waals surface area contributed by atoms with Crippen LogP contribution >= 0.6 is 0 Å². The molecule has 0 saturated heterocycles. The van der Waals surface area contributed by atoms with Crippen molar-refractivity contribution in [1.29, 1.82) is 0 Å². The van der Waals surface area contributed by atoms with Gasteiger partial charge in [-0.05, 0) is 66.6 Å². The summed E-state index contributed by atoms with van der Waals surface area (Å²) in [6.45, 7) is 5.02. The number of aliphatic hydroxyl groups is 1. The lowest BCUT2D eigenvalue weighted by molar-refractivity contribution is -0.141. The van der Waals surface area contributed by atoms with Crippen LogP contribution in [0.15, 0.2) is 60.7 Å².